The van der Waals surface area contributed by atoms with E-state index in [1.807, 2.05) is 18.2 Å². The number of nitrogens with zero attached hydrogens (tertiary/aromatic N) is 1. The van der Waals surface area contributed by atoms with E-state index in [0.717, 1.165) is 25.7 Å². The van der Waals surface area contributed by atoms with Gasteiger partial charge in [0, 0.05) is 17.5 Å². The standard InChI is InChI=1S/C22H26N4O2.2ClH/c23-20-15-7-4-8-16(20)12-17(11-15)22(28)25-18-9-10-19(24-13-18)26-21(27)14-5-2-1-3-6-14;;/h1-3,5-6,9-10,13,15-17,20H,4,7-8,11-12,23H2,(H,25,28)(H,24,26,27);2*1H. The summed E-state index contributed by atoms with van der Waals surface area (Å²) in [5.41, 5.74) is 7.53. The molecular weight excluding hydrogens is 423 g/mol. The molecule has 2 bridgehead atoms. The third-order valence-corrected chi connectivity index (χ3v) is 6.09. The molecule has 0 radical (unpaired) electrons. The molecule has 0 saturated heterocycles. The van der Waals surface area contributed by atoms with Crippen molar-refractivity contribution >= 4 is 48.1 Å². The van der Waals surface area contributed by atoms with Crippen LogP contribution in [0.25, 0.3) is 0 Å². The largest absolute Gasteiger partial charge is 0.327 e. The number of nitrogens with one attached hydrogen (secondary N) is 2. The molecular formula is C22H28Cl2N4O2. The molecule has 8 heteroatoms. The quantitative estimate of drug-likeness (QED) is 0.647. The van der Waals surface area contributed by atoms with Crippen molar-refractivity contribution in [3.63, 3.8) is 0 Å². The lowest BCUT2D eigenvalue weighted by Crippen LogP contribution is -2.48. The van der Waals surface area contributed by atoms with Crippen molar-refractivity contribution in [1.82, 2.24) is 4.98 Å². The Morgan fingerprint density at radius 3 is 2.20 bits per heavy atom. The monoisotopic (exact) mass is 450 g/mol. The molecule has 2 aliphatic rings. The van der Waals surface area contributed by atoms with Crippen molar-refractivity contribution < 1.29 is 9.59 Å². The van der Waals surface area contributed by atoms with E-state index in [2.05, 4.69) is 15.6 Å². The van der Waals surface area contributed by atoms with Crippen LogP contribution >= 0.6 is 24.8 Å². The number of benzene rings is 1. The van der Waals surface area contributed by atoms with Gasteiger partial charge in [-0.15, -0.1) is 24.8 Å². The summed E-state index contributed by atoms with van der Waals surface area (Å²) >= 11 is 0. The second kappa shape index (κ2) is 10.8. The van der Waals surface area contributed by atoms with Gasteiger partial charge in [0.05, 0.1) is 11.9 Å². The van der Waals surface area contributed by atoms with Gasteiger partial charge in [0.2, 0.25) is 5.91 Å². The van der Waals surface area contributed by atoms with Crippen LogP contribution in [0.15, 0.2) is 48.7 Å². The minimum Gasteiger partial charge on any atom is -0.327 e. The van der Waals surface area contributed by atoms with Gasteiger partial charge in [-0.3, -0.25) is 9.59 Å². The van der Waals surface area contributed by atoms with Crippen molar-refractivity contribution in [2.45, 2.75) is 38.1 Å². The predicted molar refractivity (Wildman–Crippen MR) is 123 cm³/mol. The highest BCUT2D eigenvalue weighted by Crippen LogP contribution is 2.42. The zero-order chi connectivity index (χ0) is 19.5. The Labute approximate surface area is 189 Å². The van der Waals surface area contributed by atoms with Crippen molar-refractivity contribution in [2.24, 2.45) is 23.5 Å². The van der Waals surface area contributed by atoms with E-state index in [4.69, 9.17) is 5.73 Å². The van der Waals surface area contributed by atoms with Crippen molar-refractivity contribution in [1.29, 1.82) is 0 Å². The smallest absolute Gasteiger partial charge is 0.256 e. The molecule has 2 saturated carbocycles. The van der Waals surface area contributed by atoms with Crippen LogP contribution in [0, 0.1) is 17.8 Å². The van der Waals surface area contributed by atoms with E-state index in [1.165, 1.54) is 6.42 Å². The number of halogens is 2. The van der Waals surface area contributed by atoms with Gasteiger partial charge in [0.15, 0.2) is 0 Å². The lowest BCUT2D eigenvalue weighted by Gasteiger charge is -2.43. The minimum atomic E-state index is -0.213. The number of anilines is 2. The number of fused-ring (bicyclic) bond motifs is 2. The van der Waals surface area contributed by atoms with Crippen LogP contribution in [0.5, 0.6) is 0 Å². The average molecular weight is 451 g/mol. The average Bonchev–Trinajstić information content (AvgIpc) is 2.70. The van der Waals surface area contributed by atoms with Crippen molar-refractivity contribution in [3.8, 4) is 0 Å². The Hall–Kier alpha value is -2.15. The van der Waals surface area contributed by atoms with Gasteiger partial charge in [-0.2, -0.15) is 0 Å². The topological polar surface area (TPSA) is 97.1 Å². The maximum absolute atomic E-state index is 12.7. The highest BCUT2D eigenvalue weighted by atomic mass is 35.5. The predicted octanol–water partition coefficient (Wildman–Crippen LogP) is 4.27. The van der Waals surface area contributed by atoms with E-state index in [9.17, 15) is 9.59 Å². The Morgan fingerprint density at radius 1 is 0.933 bits per heavy atom. The molecule has 0 aliphatic heterocycles. The third-order valence-electron chi connectivity index (χ3n) is 6.09. The first kappa shape index (κ1) is 24.1. The van der Waals surface area contributed by atoms with Crippen LogP contribution in [-0.2, 0) is 4.79 Å². The van der Waals surface area contributed by atoms with Gasteiger partial charge < -0.3 is 16.4 Å². The normalized spacial score (nSPS) is 24.6. The first-order valence-corrected chi connectivity index (χ1v) is 9.99. The molecule has 2 amide bonds. The molecule has 1 aromatic carbocycles. The van der Waals surface area contributed by atoms with E-state index in [0.29, 0.717) is 28.9 Å². The molecule has 30 heavy (non-hydrogen) atoms. The summed E-state index contributed by atoms with van der Waals surface area (Å²) in [5, 5.41) is 5.73. The summed E-state index contributed by atoms with van der Waals surface area (Å²) < 4.78 is 0. The first-order chi connectivity index (χ1) is 13.6. The molecule has 6 nitrogen and oxygen atoms in total. The lowest BCUT2D eigenvalue weighted by atomic mass is 9.65. The minimum absolute atomic E-state index is 0. The van der Waals surface area contributed by atoms with Crippen LogP contribution in [-0.4, -0.2) is 22.8 Å². The first-order valence-electron chi connectivity index (χ1n) is 9.99. The lowest BCUT2D eigenvalue weighted by molar-refractivity contribution is -0.122. The fourth-order valence-electron chi connectivity index (χ4n) is 4.57. The number of carbonyl (C=O) groups is 2. The molecule has 0 spiro atoms. The maximum atomic E-state index is 12.7. The Balaban J connectivity index is 0.00000160. The maximum Gasteiger partial charge on any atom is 0.256 e. The van der Waals surface area contributed by atoms with E-state index in [1.54, 1.807) is 30.5 Å². The van der Waals surface area contributed by atoms with Gasteiger partial charge in [0.25, 0.3) is 5.91 Å². The summed E-state index contributed by atoms with van der Waals surface area (Å²) in [5.74, 6) is 1.24. The highest BCUT2D eigenvalue weighted by molar-refractivity contribution is 6.03. The number of rotatable bonds is 4. The number of pyridine rings is 1. The molecule has 2 unspecified atom stereocenters. The van der Waals surface area contributed by atoms with Crippen LogP contribution in [0.3, 0.4) is 0 Å². The van der Waals surface area contributed by atoms with E-state index < -0.39 is 0 Å². The number of nitrogens with two attached hydrogens (primary N) is 1. The van der Waals surface area contributed by atoms with E-state index in [-0.39, 0.29) is 48.6 Å². The summed E-state index contributed by atoms with van der Waals surface area (Å²) in [6.07, 6.45) is 6.84. The zero-order valence-electron chi connectivity index (χ0n) is 16.6. The summed E-state index contributed by atoms with van der Waals surface area (Å²) in [4.78, 5) is 29.1. The van der Waals surface area contributed by atoms with Gasteiger partial charge in [-0.25, -0.2) is 4.98 Å². The van der Waals surface area contributed by atoms with Gasteiger partial charge in [-0.1, -0.05) is 24.6 Å². The second-order valence-electron chi connectivity index (χ2n) is 7.94. The second-order valence-corrected chi connectivity index (χ2v) is 7.94. The molecule has 2 aromatic rings. The molecule has 2 fully saturated rings. The number of aromatic nitrogens is 1. The van der Waals surface area contributed by atoms with Gasteiger partial charge in [0.1, 0.15) is 5.82 Å². The van der Waals surface area contributed by atoms with Gasteiger partial charge in [-0.05, 0) is 61.8 Å². The molecule has 4 N–H and O–H groups in total. The number of hydrogen-bond acceptors (Lipinski definition) is 4. The molecule has 2 aliphatic carbocycles. The van der Waals surface area contributed by atoms with Crippen molar-refractivity contribution in [3.05, 3.63) is 54.2 Å². The number of carbonyl (C=O) groups excluding carboxylic acids is 2. The van der Waals surface area contributed by atoms with Gasteiger partial charge >= 0.3 is 0 Å². The SMILES string of the molecule is Cl.Cl.NC1C2CCCC1CC(C(=O)Nc1ccc(NC(=O)c3ccccc3)nc1)C2. The van der Waals surface area contributed by atoms with Crippen LogP contribution in [0.2, 0.25) is 0 Å². The molecule has 4 rings (SSSR count). The Bertz CT molecular complexity index is 834. The fraction of sp³-hybridized carbons (Fsp3) is 0.409. The van der Waals surface area contributed by atoms with Crippen LogP contribution in [0.1, 0.15) is 42.5 Å². The molecule has 2 atom stereocenters. The summed E-state index contributed by atoms with van der Waals surface area (Å²) in [6.45, 7) is 0. The Morgan fingerprint density at radius 2 is 1.60 bits per heavy atom. The fourth-order valence-corrected chi connectivity index (χ4v) is 4.57. The van der Waals surface area contributed by atoms with Crippen molar-refractivity contribution in [2.75, 3.05) is 10.6 Å². The molecule has 162 valence electrons. The molecule has 1 heterocycles. The Kier molecular flexibility index (Phi) is 8.65. The third kappa shape index (κ3) is 5.50. The zero-order valence-corrected chi connectivity index (χ0v) is 18.3. The molecule has 1 aromatic heterocycles. The highest BCUT2D eigenvalue weighted by Gasteiger charge is 2.40. The van der Waals surface area contributed by atoms with E-state index >= 15 is 0 Å². The number of amides is 2. The summed E-state index contributed by atoms with van der Waals surface area (Å²) in [7, 11) is 0. The van der Waals surface area contributed by atoms with Crippen LogP contribution in [0.4, 0.5) is 11.5 Å². The van der Waals surface area contributed by atoms with Crippen LogP contribution < -0.4 is 16.4 Å². The summed E-state index contributed by atoms with van der Waals surface area (Å²) in [6, 6.07) is 12.7. The number of hydrogen-bond donors (Lipinski definition) is 3.